The topological polar surface area (TPSA) is 0 Å². The van der Waals surface area contributed by atoms with Gasteiger partial charge in [0.05, 0.1) is 0 Å². The van der Waals surface area contributed by atoms with Gasteiger partial charge in [-0.05, 0) is 35.8 Å². The van der Waals surface area contributed by atoms with E-state index in [0.29, 0.717) is 5.92 Å². The Balaban J connectivity index is 2.64. The van der Waals surface area contributed by atoms with E-state index in [1.54, 1.807) is 5.92 Å². The van der Waals surface area contributed by atoms with Crippen LogP contribution < -0.4 is 0 Å². The summed E-state index contributed by atoms with van der Waals surface area (Å²) in [6.45, 7) is 8.92. The number of rotatable bonds is 4. The first-order chi connectivity index (χ1) is 6.63. The smallest absolute Gasteiger partial charge is 0.0219 e. The number of hydrogen-bond donors (Lipinski definition) is 0. The Labute approximate surface area is 88.4 Å². The fraction of sp³-hybridized carbons (Fsp3) is 0.500. The van der Waals surface area contributed by atoms with E-state index in [1.165, 1.54) is 17.5 Å². The molecule has 0 saturated heterocycles. The Morgan fingerprint density at radius 1 is 1.14 bits per heavy atom. The SMILES string of the molecule is CC[C](C)Cc1ccc(C(C)C)cc1. The van der Waals surface area contributed by atoms with Crippen molar-refractivity contribution in [3.05, 3.63) is 41.3 Å². The lowest BCUT2D eigenvalue weighted by Gasteiger charge is -2.09. The largest absolute Gasteiger partial charge is 0.0648 e. The highest BCUT2D eigenvalue weighted by Gasteiger charge is 2.02. The molecule has 0 N–H and O–H groups in total. The zero-order valence-electron chi connectivity index (χ0n) is 9.80. The molecule has 0 heterocycles. The van der Waals surface area contributed by atoms with Crippen molar-refractivity contribution in [1.82, 2.24) is 0 Å². The molecule has 0 heteroatoms. The van der Waals surface area contributed by atoms with Crippen LogP contribution in [0.2, 0.25) is 0 Å². The van der Waals surface area contributed by atoms with Crippen LogP contribution in [0.1, 0.15) is 51.2 Å². The monoisotopic (exact) mass is 189 g/mol. The zero-order valence-corrected chi connectivity index (χ0v) is 9.80. The first kappa shape index (κ1) is 11.3. The summed E-state index contributed by atoms with van der Waals surface area (Å²) in [5.74, 6) is 2.20. The molecule has 0 nitrogen and oxygen atoms in total. The summed E-state index contributed by atoms with van der Waals surface area (Å²) in [6.07, 6.45) is 2.32. The van der Waals surface area contributed by atoms with Crippen LogP contribution in [-0.2, 0) is 6.42 Å². The van der Waals surface area contributed by atoms with Crippen LogP contribution in [-0.4, -0.2) is 0 Å². The minimum atomic E-state index is 0.639. The van der Waals surface area contributed by atoms with Crippen LogP contribution in [0.5, 0.6) is 0 Å². The summed E-state index contributed by atoms with van der Waals surface area (Å²) in [7, 11) is 0. The third kappa shape index (κ3) is 3.17. The quantitative estimate of drug-likeness (QED) is 0.660. The highest BCUT2D eigenvalue weighted by molar-refractivity contribution is 5.26. The molecular formula is C14H21. The maximum atomic E-state index is 2.26. The second-order valence-electron chi connectivity index (χ2n) is 4.38. The van der Waals surface area contributed by atoms with Gasteiger partial charge in [0, 0.05) is 0 Å². The third-order valence-electron chi connectivity index (χ3n) is 2.76. The molecule has 1 aromatic rings. The van der Waals surface area contributed by atoms with Crippen molar-refractivity contribution in [2.45, 2.75) is 46.5 Å². The van der Waals surface area contributed by atoms with E-state index >= 15 is 0 Å². The lowest BCUT2D eigenvalue weighted by molar-refractivity contribution is 0.835. The van der Waals surface area contributed by atoms with Gasteiger partial charge in [0.15, 0.2) is 0 Å². The maximum Gasteiger partial charge on any atom is -0.0219 e. The molecule has 0 aromatic heterocycles. The van der Waals surface area contributed by atoms with E-state index in [4.69, 9.17) is 0 Å². The van der Waals surface area contributed by atoms with E-state index in [1.807, 2.05) is 0 Å². The predicted molar refractivity (Wildman–Crippen MR) is 63.4 cm³/mol. The molecule has 0 atom stereocenters. The molecule has 0 aliphatic heterocycles. The first-order valence-electron chi connectivity index (χ1n) is 5.53. The molecule has 0 fully saturated rings. The summed E-state index contributed by atoms with van der Waals surface area (Å²) in [4.78, 5) is 0. The van der Waals surface area contributed by atoms with Gasteiger partial charge >= 0.3 is 0 Å². The summed E-state index contributed by atoms with van der Waals surface area (Å²) in [5.41, 5.74) is 2.87. The van der Waals surface area contributed by atoms with Crippen LogP contribution in [0.4, 0.5) is 0 Å². The van der Waals surface area contributed by atoms with E-state index in [0.717, 1.165) is 6.42 Å². The Morgan fingerprint density at radius 2 is 1.71 bits per heavy atom. The molecule has 77 valence electrons. The van der Waals surface area contributed by atoms with Gasteiger partial charge < -0.3 is 0 Å². The lowest BCUT2D eigenvalue weighted by Crippen LogP contribution is -1.96. The third-order valence-corrected chi connectivity index (χ3v) is 2.76. The molecule has 1 radical (unpaired) electrons. The molecule has 1 aromatic carbocycles. The molecular weight excluding hydrogens is 168 g/mol. The fourth-order valence-corrected chi connectivity index (χ4v) is 1.49. The molecule has 1 rings (SSSR count). The van der Waals surface area contributed by atoms with Gasteiger partial charge in [-0.2, -0.15) is 0 Å². The Bertz CT molecular complexity index is 256. The van der Waals surface area contributed by atoms with Gasteiger partial charge in [0.25, 0.3) is 0 Å². The molecule has 0 aliphatic rings. The minimum Gasteiger partial charge on any atom is -0.0648 e. The summed E-state index contributed by atoms with van der Waals surface area (Å²) >= 11 is 0. The van der Waals surface area contributed by atoms with Crippen LogP contribution in [0, 0.1) is 5.92 Å². The molecule has 0 bridgehead atoms. The van der Waals surface area contributed by atoms with Gasteiger partial charge in [0.2, 0.25) is 0 Å². The summed E-state index contributed by atoms with van der Waals surface area (Å²) in [6, 6.07) is 9.02. The van der Waals surface area contributed by atoms with Crippen LogP contribution in [0.25, 0.3) is 0 Å². The van der Waals surface area contributed by atoms with Crippen LogP contribution in [0.3, 0.4) is 0 Å². The van der Waals surface area contributed by atoms with E-state index in [9.17, 15) is 0 Å². The normalized spacial score (nSPS) is 11.3. The zero-order chi connectivity index (χ0) is 10.6. The average molecular weight is 189 g/mol. The lowest BCUT2D eigenvalue weighted by atomic mass is 9.96. The molecule has 0 unspecified atom stereocenters. The molecule has 0 aliphatic carbocycles. The van der Waals surface area contributed by atoms with Crippen molar-refractivity contribution in [3.63, 3.8) is 0 Å². The Hall–Kier alpha value is -0.780. The van der Waals surface area contributed by atoms with Crippen molar-refractivity contribution in [1.29, 1.82) is 0 Å². The first-order valence-corrected chi connectivity index (χ1v) is 5.53. The van der Waals surface area contributed by atoms with E-state index in [2.05, 4.69) is 52.0 Å². The number of hydrogen-bond acceptors (Lipinski definition) is 0. The fourth-order valence-electron chi connectivity index (χ4n) is 1.49. The molecule has 14 heavy (non-hydrogen) atoms. The summed E-state index contributed by atoms with van der Waals surface area (Å²) < 4.78 is 0. The second kappa shape index (κ2) is 5.19. The number of benzene rings is 1. The Morgan fingerprint density at radius 3 is 2.14 bits per heavy atom. The van der Waals surface area contributed by atoms with Gasteiger partial charge in [-0.3, -0.25) is 0 Å². The average Bonchev–Trinajstić information content (AvgIpc) is 2.18. The van der Waals surface area contributed by atoms with Gasteiger partial charge in [-0.15, -0.1) is 0 Å². The van der Waals surface area contributed by atoms with Crippen LogP contribution in [0.15, 0.2) is 24.3 Å². The highest BCUT2D eigenvalue weighted by atomic mass is 14.1. The van der Waals surface area contributed by atoms with E-state index in [-0.39, 0.29) is 0 Å². The van der Waals surface area contributed by atoms with Gasteiger partial charge in [-0.1, -0.05) is 52.0 Å². The van der Waals surface area contributed by atoms with E-state index < -0.39 is 0 Å². The minimum absolute atomic E-state index is 0.639. The maximum absolute atomic E-state index is 2.26. The van der Waals surface area contributed by atoms with Crippen molar-refractivity contribution in [3.8, 4) is 0 Å². The molecule has 0 spiro atoms. The van der Waals surface area contributed by atoms with Crippen molar-refractivity contribution >= 4 is 0 Å². The molecule has 0 amide bonds. The van der Waals surface area contributed by atoms with Crippen molar-refractivity contribution < 1.29 is 0 Å². The standard InChI is InChI=1S/C14H21/c1-5-12(4)10-13-6-8-14(9-7-13)11(2)3/h6-9,11H,5,10H2,1-4H3. The Kier molecular flexibility index (Phi) is 4.19. The van der Waals surface area contributed by atoms with Gasteiger partial charge in [-0.25, -0.2) is 0 Å². The predicted octanol–water partition coefficient (Wildman–Crippen LogP) is 4.36. The van der Waals surface area contributed by atoms with Crippen molar-refractivity contribution in [2.24, 2.45) is 0 Å². The van der Waals surface area contributed by atoms with Gasteiger partial charge in [0.1, 0.15) is 0 Å². The van der Waals surface area contributed by atoms with Crippen LogP contribution >= 0.6 is 0 Å². The summed E-state index contributed by atoms with van der Waals surface area (Å²) in [5, 5.41) is 0. The highest BCUT2D eigenvalue weighted by Crippen LogP contribution is 2.18. The second-order valence-corrected chi connectivity index (χ2v) is 4.38. The molecule has 0 saturated carbocycles. The van der Waals surface area contributed by atoms with Crippen molar-refractivity contribution in [2.75, 3.05) is 0 Å².